The highest BCUT2D eigenvalue weighted by Crippen LogP contribution is 2.20. The number of aromatic nitrogens is 1. The van der Waals surface area contributed by atoms with Crippen LogP contribution in [0.15, 0.2) is 60.8 Å². The highest BCUT2D eigenvalue weighted by molar-refractivity contribution is 5.94. The summed E-state index contributed by atoms with van der Waals surface area (Å²) in [7, 11) is 0. The number of fused-ring (bicyclic) bond motifs is 1. The third kappa shape index (κ3) is 9.66. The normalized spacial score (nSPS) is 13.7. The zero-order chi connectivity index (χ0) is 30.2. The van der Waals surface area contributed by atoms with Gasteiger partial charge in [0.2, 0.25) is 17.7 Å². The first-order chi connectivity index (χ1) is 19.3. The van der Waals surface area contributed by atoms with E-state index < -0.39 is 47.5 Å². The molecule has 0 unspecified atom stereocenters. The molecule has 10 heteroatoms. The van der Waals surface area contributed by atoms with Crippen LogP contribution in [0, 0.1) is 5.92 Å². The zero-order valence-corrected chi connectivity index (χ0v) is 24.3. The number of nitrogens with two attached hydrogens (primary N) is 1. The molecule has 10 nitrogen and oxygen atoms in total. The van der Waals surface area contributed by atoms with Gasteiger partial charge in [0.05, 0.1) is 0 Å². The van der Waals surface area contributed by atoms with Crippen molar-refractivity contribution in [2.75, 3.05) is 0 Å². The van der Waals surface area contributed by atoms with Crippen molar-refractivity contribution in [2.45, 2.75) is 77.6 Å². The van der Waals surface area contributed by atoms with Crippen molar-refractivity contribution >= 4 is 34.7 Å². The predicted octanol–water partition coefficient (Wildman–Crippen LogP) is 3.35. The molecule has 3 rings (SSSR count). The van der Waals surface area contributed by atoms with Gasteiger partial charge in [0.1, 0.15) is 23.7 Å². The molecule has 0 saturated heterocycles. The molecule has 0 spiro atoms. The van der Waals surface area contributed by atoms with Crippen molar-refractivity contribution in [3.8, 4) is 0 Å². The summed E-state index contributed by atoms with van der Waals surface area (Å²) in [4.78, 5) is 55.1. The van der Waals surface area contributed by atoms with E-state index >= 15 is 0 Å². The van der Waals surface area contributed by atoms with Crippen molar-refractivity contribution in [1.82, 2.24) is 20.9 Å². The number of H-pyrrole nitrogens is 1. The van der Waals surface area contributed by atoms with E-state index in [1.807, 2.05) is 68.4 Å². The van der Waals surface area contributed by atoms with Crippen molar-refractivity contribution in [1.29, 1.82) is 0 Å². The molecule has 0 radical (unpaired) electrons. The fraction of sp³-hybridized carbons (Fsp3) is 0.419. The summed E-state index contributed by atoms with van der Waals surface area (Å²) < 4.78 is 5.41. The average molecular weight is 564 g/mol. The fourth-order valence-electron chi connectivity index (χ4n) is 4.50. The second kappa shape index (κ2) is 13.8. The van der Waals surface area contributed by atoms with E-state index in [0.29, 0.717) is 6.42 Å². The van der Waals surface area contributed by atoms with Crippen molar-refractivity contribution in [3.63, 3.8) is 0 Å². The molecule has 1 aromatic heterocycles. The van der Waals surface area contributed by atoms with Crippen LogP contribution in [0.5, 0.6) is 0 Å². The monoisotopic (exact) mass is 563 g/mol. The first-order valence-electron chi connectivity index (χ1n) is 13.8. The SMILES string of the molecule is CC(C)C[C@H](NC(=O)[C@H](Cc1c[nH]c2ccccc12)NC(=O)OC(C)(C)C)C(=O)N[C@H](Cc1ccccc1)C(N)=O. The second-order valence-electron chi connectivity index (χ2n) is 11.6. The Labute approximate surface area is 240 Å². The maximum Gasteiger partial charge on any atom is 0.408 e. The van der Waals surface area contributed by atoms with Crippen LogP contribution in [0.1, 0.15) is 52.2 Å². The van der Waals surface area contributed by atoms with Gasteiger partial charge in [-0.1, -0.05) is 62.4 Å². The van der Waals surface area contributed by atoms with E-state index in [1.165, 1.54) is 0 Å². The molecule has 3 atom stereocenters. The maximum absolute atomic E-state index is 13.7. The first-order valence-corrected chi connectivity index (χ1v) is 13.8. The number of carbonyl (C=O) groups excluding carboxylic acids is 4. The Hall–Kier alpha value is -4.34. The molecule has 220 valence electrons. The van der Waals surface area contributed by atoms with Gasteiger partial charge in [0.15, 0.2) is 0 Å². The van der Waals surface area contributed by atoms with Gasteiger partial charge in [-0.3, -0.25) is 14.4 Å². The Morgan fingerprint density at radius 2 is 1.44 bits per heavy atom. The average Bonchev–Trinajstić information content (AvgIpc) is 3.29. The lowest BCUT2D eigenvalue weighted by molar-refractivity contribution is -0.132. The van der Waals surface area contributed by atoms with Gasteiger partial charge in [-0.05, 0) is 50.3 Å². The van der Waals surface area contributed by atoms with E-state index in [9.17, 15) is 19.2 Å². The van der Waals surface area contributed by atoms with Crippen LogP contribution < -0.4 is 21.7 Å². The molecule has 0 aliphatic carbocycles. The first kappa shape index (κ1) is 31.2. The summed E-state index contributed by atoms with van der Waals surface area (Å²) in [6, 6.07) is 13.9. The quantitative estimate of drug-likeness (QED) is 0.229. The van der Waals surface area contributed by atoms with Crippen LogP contribution in [0.3, 0.4) is 0 Å². The minimum absolute atomic E-state index is 0.0399. The predicted molar refractivity (Wildman–Crippen MR) is 158 cm³/mol. The standard InChI is InChI=1S/C31H41N5O5/c1-19(2)15-25(28(38)34-24(27(32)37)16-20-11-7-6-8-12-20)35-29(39)26(36-30(40)41-31(3,4)5)17-21-18-33-23-14-10-9-13-22(21)23/h6-14,18-19,24-26,33H,15-17H2,1-5H3,(H2,32,37)(H,34,38)(H,35,39)(H,36,40)/t24-,25+,26+/m1/s1. The van der Waals surface area contributed by atoms with E-state index in [0.717, 1.165) is 22.0 Å². The van der Waals surface area contributed by atoms with Gasteiger partial charge in [-0.2, -0.15) is 0 Å². The number of carbonyl (C=O) groups is 4. The molecule has 1 heterocycles. The van der Waals surface area contributed by atoms with Crippen LogP contribution in [0.2, 0.25) is 0 Å². The Kier molecular flexibility index (Phi) is 10.5. The molecule has 2 aromatic carbocycles. The molecule has 0 saturated carbocycles. The lowest BCUT2D eigenvalue weighted by atomic mass is 10.00. The van der Waals surface area contributed by atoms with Crippen LogP contribution in [0.25, 0.3) is 10.9 Å². The number of rotatable bonds is 12. The lowest BCUT2D eigenvalue weighted by Crippen LogP contribution is -2.57. The number of para-hydroxylation sites is 1. The minimum atomic E-state index is -1.04. The number of hydrogen-bond acceptors (Lipinski definition) is 5. The number of hydrogen-bond donors (Lipinski definition) is 5. The van der Waals surface area contributed by atoms with Crippen LogP contribution in [-0.2, 0) is 32.0 Å². The van der Waals surface area contributed by atoms with E-state index in [-0.39, 0.29) is 18.8 Å². The summed E-state index contributed by atoms with van der Waals surface area (Å²) in [5, 5.41) is 9.10. The molecule has 0 aliphatic rings. The molecule has 0 aliphatic heterocycles. The maximum atomic E-state index is 13.7. The Balaban J connectivity index is 1.81. The summed E-state index contributed by atoms with van der Waals surface area (Å²) in [6.07, 6.45) is 1.72. The zero-order valence-electron chi connectivity index (χ0n) is 24.3. The van der Waals surface area contributed by atoms with Gasteiger partial charge in [0.25, 0.3) is 0 Å². The number of aromatic amines is 1. The molecule has 4 amide bonds. The number of alkyl carbamates (subject to hydrolysis) is 1. The number of benzene rings is 2. The van der Waals surface area contributed by atoms with E-state index in [1.54, 1.807) is 27.0 Å². The summed E-state index contributed by atoms with van der Waals surface area (Å²) in [5.74, 6) is -1.73. The molecule has 0 fully saturated rings. The Morgan fingerprint density at radius 1 is 0.829 bits per heavy atom. The topological polar surface area (TPSA) is 155 Å². The summed E-state index contributed by atoms with van der Waals surface area (Å²) >= 11 is 0. The highest BCUT2D eigenvalue weighted by Gasteiger charge is 2.31. The van der Waals surface area contributed by atoms with Crippen molar-refractivity contribution in [2.24, 2.45) is 11.7 Å². The third-order valence-corrected chi connectivity index (χ3v) is 6.39. The number of nitrogens with one attached hydrogen (secondary N) is 4. The molecule has 6 N–H and O–H groups in total. The van der Waals surface area contributed by atoms with Crippen molar-refractivity contribution < 1.29 is 23.9 Å². The fourth-order valence-corrected chi connectivity index (χ4v) is 4.50. The van der Waals surface area contributed by atoms with Gasteiger partial charge >= 0.3 is 6.09 Å². The smallest absolute Gasteiger partial charge is 0.408 e. The van der Waals surface area contributed by atoms with Crippen LogP contribution >= 0.6 is 0 Å². The van der Waals surface area contributed by atoms with Gasteiger partial charge in [0, 0.05) is 29.9 Å². The van der Waals surface area contributed by atoms with Crippen LogP contribution in [-0.4, -0.2) is 52.5 Å². The summed E-state index contributed by atoms with van der Waals surface area (Å²) in [6.45, 7) is 9.04. The second-order valence-corrected chi connectivity index (χ2v) is 11.6. The lowest BCUT2D eigenvalue weighted by Gasteiger charge is -2.27. The number of ether oxygens (including phenoxy) is 1. The molecule has 3 aromatic rings. The molecule has 41 heavy (non-hydrogen) atoms. The van der Waals surface area contributed by atoms with E-state index in [4.69, 9.17) is 10.5 Å². The number of primary amides is 1. The molecule has 0 bridgehead atoms. The van der Waals surface area contributed by atoms with Crippen LogP contribution in [0.4, 0.5) is 4.79 Å². The largest absolute Gasteiger partial charge is 0.444 e. The Morgan fingerprint density at radius 3 is 2.07 bits per heavy atom. The molecular formula is C31H41N5O5. The van der Waals surface area contributed by atoms with Gasteiger partial charge < -0.3 is 31.4 Å². The highest BCUT2D eigenvalue weighted by atomic mass is 16.6. The van der Waals surface area contributed by atoms with Gasteiger partial charge in [-0.15, -0.1) is 0 Å². The number of amides is 4. The third-order valence-electron chi connectivity index (χ3n) is 6.39. The minimum Gasteiger partial charge on any atom is -0.444 e. The summed E-state index contributed by atoms with van der Waals surface area (Å²) in [5.41, 5.74) is 7.38. The Bertz CT molecular complexity index is 1350. The van der Waals surface area contributed by atoms with Crippen molar-refractivity contribution in [3.05, 3.63) is 71.9 Å². The molecular weight excluding hydrogens is 522 g/mol. The van der Waals surface area contributed by atoms with Gasteiger partial charge in [-0.25, -0.2) is 4.79 Å². The van der Waals surface area contributed by atoms with E-state index in [2.05, 4.69) is 20.9 Å².